The second-order valence-corrected chi connectivity index (χ2v) is 8.65. The molecule has 1 saturated heterocycles. The number of carbonyl (C=O) groups excluding carboxylic acids is 3. The fourth-order valence-electron chi connectivity index (χ4n) is 3.05. The summed E-state index contributed by atoms with van der Waals surface area (Å²) in [5.74, 6) is 0.628. The molecule has 0 spiro atoms. The van der Waals surface area contributed by atoms with Gasteiger partial charge in [-0.2, -0.15) is 0 Å². The third-order valence-electron chi connectivity index (χ3n) is 4.84. The molecule has 1 aliphatic heterocycles. The van der Waals surface area contributed by atoms with Crippen molar-refractivity contribution in [1.82, 2.24) is 0 Å². The number of aldehydes is 1. The molecule has 0 atom stereocenters. The summed E-state index contributed by atoms with van der Waals surface area (Å²) in [6.45, 7) is 3.67. The van der Waals surface area contributed by atoms with E-state index in [0.29, 0.717) is 11.3 Å². The first-order chi connectivity index (χ1) is 12.9. The number of benzene rings is 2. The minimum absolute atomic E-state index is 0.0561. The van der Waals surface area contributed by atoms with Gasteiger partial charge in [-0.25, -0.2) is 0 Å². The maximum absolute atomic E-state index is 11.7. The monoisotopic (exact) mass is 396 g/mol. The van der Waals surface area contributed by atoms with Crippen molar-refractivity contribution in [2.24, 2.45) is 5.41 Å². The van der Waals surface area contributed by atoms with Gasteiger partial charge in [-0.15, -0.1) is 11.3 Å². The molecule has 4 rings (SSSR count). The molecule has 1 aromatic heterocycles. The zero-order chi connectivity index (χ0) is 19.2. The van der Waals surface area contributed by atoms with Gasteiger partial charge >= 0.3 is 0 Å². The first-order valence-electron chi connectivity index (χ1n) is 8.39. The predicted molar refractivity (Wildman–Crippen MR) is 109 cm³/mol. The third kappa shape index (κ3) is 2.99. The molecule has 4 nitrogen and oxygen atoms in total. The lowest BCUT2D eigenvalue weighted by Gasteiger charge is -2.32. The lowest BCUT2D eigenvalue weighted by molar-refractivity contribution is -0.135. The van der Waals surface area contributed by atoms with E-state index in [4.69, 9.17) is 4.74 Å². The topological polar surface area (TPSA) is 60.4 Å². The van der Waals surface area contributed by atoms with Crippen LogP contribution < -0.4 is 4.74 Å². The van der Waals surface area contributed by atoms with E-state index in [-0.39, 0.29) is 16.8 Å². The summed E-state index contributed by atoms with van der Waals surface area (Å²) in [4.78, 5) is 34.4. The van der Waals surface area contributed by atoms with Gasteiger partial charge in [-0.1, -0.05) is 12.1 Å². The molecular weight excluding hydrogens is 380 g/mol. The van der Waals surface area contributed by atoms with Gasteiger partial charge in [0.25, 0.3) is 0 Å². The number of ether oxygens (including phenoxy) is 1. The smallest absolute Gasteiger partial charge is 0.214 e. The summed E-state index contributed by atoms with van der Waals surface area (Å²) >= 11 is 2.39. The molecule has 1 fully saturated rings. The minimum atomic E-state index is -1.04. The van der Waals surface area contributed by atoms with Crippen molar-refractivity contribution in [3.8, 4) is 16.9 Å². The van der Waals surface area contributed by atoms with Gasteiger partial charge in [0.1, 0.15) is 24.1 Å². The quantitative estimate of drug-likeness (QED) is 0.455. The van der Waals surface area contributed by atoms with Crippen LogP contribution in [0.2, 0.25) is 0 Å². The van der Waals surface area contributed by atoms with Gasteiger partial charge in [-0.3, -0.25) is 14.4 Å². The molecule has 0 radical (unpaired) electrons. The predicted octanol–water partition coefficient (Wildman–Crippen LogP) is 4.87. The number of fused-ring (bicyclic) bond motifs is 1. The van der Waals surface area contributed by atoms with E-state index < -0.39 is 5.41 Å². The summed E-state index contributed by atoms with van der Waals surface area (Å²) in [6.07, 6.45) is 0.854. The summed E-state index contributed by atoms with van der Waals surface area (Å²) in [7, 11) is 0. The van der Waals surface area contributed by atoms with Gasteiger partial charge in [0.2, 0.25) is 10.2 Å². The Kier molecular flexibility index (Phi) is 4.40. The lowest BCUT2D eigenvalue weighted by atomic mass is 9.94. The fourth-order valence-corrected chi connectivity index (χ4v) is 4.76. The first-order valence-corrected chi connectivity index (χ1v) is 10.1. The number of carbonyl (C=O) groups is 3. The lowest BCUT2D eigenvalue weighted by Crippen LogP contribution is -2.47. The average molecular weight is 396 g/mol. The van der Waals surface area contributed by atoms with E-state index in [1.54, 1.807) is 18.3 Å². The van der Waals surface area contributed by atoms with Crippen LogP contribution in [-0.4, -0.2) is 23.1 Å². The zero-order valence-corrected chi connectivity index (χ0v) is 16.4. The first kappa shape index (κ1) is 17.9. The second-order valence-electron chi connectivity index (χ2n) is 6.80. The molecule has 3 aromatic rings. The van der Waals surface area contributed by atoms with Crippen molar-refractivity contribution in [1.29, 1.82) is 0 Å². The molecule has 0 bridgehead atoms. The molecule has 0 N–H and O–H groups in total. The Bertz CT molecular complexity index is 1080. The van der Waals surface area contributed by atoms with E-state index in [2.05, 4.69) is 5.38 Å². The molecule has 0 aliphatic carbocycles. The van der Waals surface area contributed by atoms with Gasteiger partial charge in [-0.05, 0) is 66.4 Å². The number of thiophene rings is 1. The van der Waals surface area contributed by atoms with Crippen molar-refractivity contribution < 1.29 is 19.1 Å². The molecule has 136 valence electrons. The number of thioether (sulfide) groups is 1. The largest absolute Gasteiger partial charge is 0.492 e. The average Bonchev–Trinajstić information content (AvgIpc) is 3.09. The Morgan fingerprint density at radius 3 is 2.52 bits per heavy atom. The van der Waals surface area contributed by atoms with Crippen LogP contribution in [0.25, 0.3) is 21.2 Å². The Hall–Kier alpha value is -2.44. The number of hydrogen-bond acceptors (Lipinski definition) is 6. The van der Waals surface area contributed by atoms with Crippen LogP contribution in [0, 0.1) is 12.3 Å². The molecule has 0 saturated carbocycles. The highest BCUT2D eigenvalue weighted by atomic mass is 32.2. The molecule has 6 heteroatoms. The van der Waals surface area contributed by atoms with E-state index in [0.717, 1.165) is 44.8 Å². The summed E-state index contributed by atoms with van der Waals surface area (Å²) < 4.78 is 6.86. The molecule has 1 aliphatic rings. The normalized spacial score (nSPS) is 15.6. The number of aryl methyl sites for hydroxylation is 1. The van der Waals surface area contributed by atoms with Crippen LogP contribution >= 0.6 is 23.1 Å². The van der Waals surface area contributed by atoms with Crippen LogP contribution in [0.5, 0.6) is 5.75 Å². The van der Waals surface area contributed by atoms with Crippen molar-refractivity contribution in [2.45, 2.75) is 13.8 Å². The van der Waals surface area contributed by atoms with Crippen LogP contribution in [0.15, 0.2) is 41.8 Å². The fraction of sp³-hybridized carbons (Fsp3) is 0.190. The van der Waals surface area contributed by atoms with E-state index in [1.165, 1.54) is 0 Å². The molecular formula is C21H16O4S2. The maximum Gasteiger partial charge on any atom is 0.214 e. The highest BCUT2D eigenvalue weighted by Gasteiger charge is 2.53. The Labute approximate surface area is 164 Å². The zero-order valence-electron chi connectivity index (χ0n) is 14.8. The van der Waals surface area contributed by atoms with Crippen molar-refractivity contribution in [2.75, 3.05) is 6.61 Å². The van der Waals surface area contributed by atoms with Gasteiger partial charge in [0.05, 0.1) is 0 Å². The summed E-state index contributed by atoms with van der Waals surface area (Å²) in [6, 6.07) is 11.4. The SMILES string of the molecule is Cc1cc(OCC2(C)C(=O)SC2=O)ccc1-c1csc2ccc(C=O)cc12. The van der Waals surface area contributed by atoms with E-state index in [1.807, 2.05) is 43.3 Å². The molecule has 0 unspecified atom stereocenters. The standard InChI is InChI=1S/C21H16O4S2/c1-12-7-14(25-11-21(2)19(23)27-20(21)24)4-5-15(12)17-10-26-18-6-3-13(9-22)8-16(17)18/h3-10H,11H2,1-2H3. The van der Waals surface area contributed by atoms with Crippen LogP contribution in [0.1, 0.15) is 22.8 Å². The summed E-state index contributed by atoms with van der Waals surface area (Å²) in [5, 5.41) is 2.86. The van der Waals surface area contributed by atoms with Gasteiger partial charge in [0, 0.05) is 21.2 Å². The Morgan fingerprint density at radius 2 is 1.85 bits per heavy atom. The second kappa shape index (κ2) is 6.62. The number of rotatable bonds is 5. The Balaban J connectivity index is 1.62. The van der Waals surface area contributed by atoms with Crippen molar-refractivity contribution in [3.63, 3.8) is 0 Å². The van der Waals surface area contributed by atoms with Crippen molar-refractivity contribution in [3.05, 3.63) is 52.9 Å². The minimum Gasteiger partial charge on any atom is -0.492 e. The van der Waals surface area contributed by atoms with Crippen LogP contribution in [-0.2, 0) is 9.59 Å². The van der Waals surface area contributed by atoms with Crippen molar-refractivity contribution >= 4 is 49.7 Å². The van der Waals surface area contributed by atoms with E-state index >= 15 is 0 Å². The van der Waals surface area contributed by atoms with Crippen LogP contribution in [0.4, 0.5) is 0 Å². The maximum atomic E-state index is 11.7. The number of hydrogen-bond donors (Lipinski definition) is 0. The van der Waals surface area contributed by atoms with Gasteiger partial charge < -0.3 is 4.74 Å². The molecule has 2 aromatic carbocycles. The van der Waals surface area contributed by atoms with Gasteiger partial charge in [0.15, 0.2) is 0 Å². The highest BCUT2D eigenvalue weighted by molar-refractivity contribution is 8.29. The molecule has 0 amide bonds. The third-order valence-corrected chi connectivity index (χ3v) is 7.07. The Morgan fingerprint density at radius 1 is 1.07 bits per heavy atom. The highest BCUT2D eigenvalue weighted by Crippen LogP contribution is 2.42. The van der Waals surface area contributed by atoms with Crippen LogP contribution in [0.3, 0.4) is 0 Å². The summed E-state index contributed by atoms with van der Waals surface area (Å²) in [5.41, 5.74) is 2.78. The molecule has 2 heterocycles. The van der Waals surface area contributed by atoms with E-state index in [9.17, 15) is 14.4 Å². The molecule has 27 heavy (non-hydrogen) atoms.